The van der Waals surface area contributed by atoms with Crippen LogP contribution in [0.25, 0.3) is 98.1 Å². The minimum atomic E-state index is -0.991. The Kier molecular flexibility index (Phi) is 2.13. The van der Waals surface area contributed by atoms with Gasteiger partial charge < -0.3 is 4.42 Å². The Morgan fingerprint density at radius 2 is 0.800 bits per heavy atom. The van der Waals surface area contributed by atoms with Gasteiger partial charge in [-0.05, 0) is 82.8 Å². The third-order valence-electron chi connectivity index (χ3n) is 7.75. The Morgan fingerprint density at radius 1 is 0.333 bits per heavy atom. The van der Waals surface area contributed by atoms with Crippen LogP contribution in [-0.2, 0) is 0 Å². The van der Waals surface area contributed by atoms with Crippen LogP contribution in [0.4, 0.5) is 0 Å². The normalized spacial score (nSPS) is 20.1. The summed E-state index contributed by atoms with van der Waals surface area (Å²) in [5, 5.41) is -7.22. The van der Waals surface area contributed by atoms with Gasteiger partial charge in [0.15, 0.2) is 0 Å². The van der Waals surface area contributed by atoms with Crippen LogP contribution in [-0.4, -0.2) is 0 Å². The Labute approximate surface area is 296 Å². The molecule has 0 saturated heterocycles. The minimum Gasteiger partial charge on any atom is -0.455 e. The lowest BCUT2D eigenvalue weighted by Gasteiger charge is -2.19. The molecule has 208 valence electrons. The summed E-state index contributed by atoms with van der Waals surface area (Å²) in [5.41, 5.74) is -3.94. The first-order valence-corrected chi connectivity index (χ1v) is 13.4. The molecule has 0 aliphatic heterocycles. The van der Waals surface area contributed by atoms with Gasteiger partial charge in [0.05, 0.1) is 35.6 Å². The zero-order valence-corrected chi connectivity index (χ0v) is 22.4. The molecule has 0 unspecified atom stereocenters. The summed E-state index contributed by atoms with van der Waals surface area (Å²) in [6.45, 7) is 0. The molecule has 0 bridgehead atoms. The standard InChI is InChI=1S/C44H26O/c1-3-14-30-27(11-1)23-24-29-13-9-20-36(40(29)30)41-32-16-5-7-18-34(32)42(35-19-8-6-17-33(35)41)37-21-10-22-39-43(37)38-26-25-28-12-2-4-15-31(28)44(38)45-39/h1-26H/i1D,2D,3D,4D,5D,6D,7D,8D,9D,10D,11D,12D,13D,14D,15D,16D,17D,18D,19D,20D,21D,22D,23D,24D,25D,26D. The van der Waals surface area contributed by atoms with Crippen molar-refractivity contribution in [2.24, 2.45) is 0 Å². The molecule has 1 heteroatoms. The van der Waals surface area contributed by atoms with Crippen molar-refractivity contribution in [2.75, 3.05) is 0 Å². The van der Waals surface area contributed by atoms with Gasteiger partial charge in [-0.2, -0.15) is 0 Å². The highest BCUT2D eigenvalue weighted by molar-refractivity contribution is 6.29. The summed E-state index contributed by atoms with van der Waals surface area (Å²) in [6.07, 6.45) is 0. The van der Waals surface area contributed by atoms with Gasteiger partial charge in [-0.3, -0.25) is 0 Å². The van der Waals surface area contributed by atoms with Gasteiger partial charge in [-0.15, -0.1) is 0 Å². The maximum Gasteiger partial charge on any atom is 0.143 e. The Balaban J connectivity index is 1.62. The third-order valence-corrected chi connectivity index (χ3v) is 7.75. The quantitative estimate of drug-likeness (QED) is 0.143. The molecule has 0 N–H and O–H groups in total. The molecule has 1 aromatic heterocycles. The molecule has 1 heterocycles. The molecule has 0 saturated carbocycles. The van der Waals surface area contributed by atoms with Crippen molar-refractivity contribution in [2.45, 2.75) is 0 Å². The molecule has 1 nitrogen and oxygen atoms in total. The first kappa shape index (κ1) is 10.3. The summed E-state index contributed by atoms with van der Waals surface area (Å²) >= 11 is 0. The van der Waals surface area contributed by atoms with Crippen LogP contribution in [0, 0.1) is 0 Å². The van der Waals surface area contributed by atoms with Crippen LogP contribution in [0.1, 0.15) is 35.6 Å². The number of rotatable bonds is 2. The van der Waals surface area contributed by atoms with E-state index in [-0.39, 0.29) is 0 Å². The van der Waals surface area contributed by atoms with Crippen molar-refractivity contribution >= 4 is 75.8 Å². The summed E-state index contributed by atoms with van der Waals surface area (Å²) in [7, 11) is 0. The molecule has 0 atom stereocenters. The monoisotopic (exact) mass is 596 g/mol. The largest absolute Gasteiger partial charge is 0.455 e. The van der Waals surface area contributed by atoms with Gasteiger partial charge in [-0.25, -0.2) is 0 Å². The first-order chi connectivity index (χ1) is 33.2. The molecule has 0 radical (unpaired) electrons. The number of fused-ring (bicyclic) bond motifs is 10. The Bertz CT molecular complexity index is 4210. The molecular weight excluding hydrogens is 544 g/mol. The van der Waals surface area contributed by atoms with E-state index in [0.717, 1.165) is 0 Å². The molecule has 10 rings (SSSR count). The first-order valence-electron chi connectivity index (χ1n) is 26.4. The van der Waals surface area contributed by atoms with E-state index in [0.29, 0.717) is 0 Å². The maximum absolute atomic E-state index is 9.58. The number of hydrogen-bond acceptors (Lipinski definition) is 1. The molecule has 10 aromatic rings. The lowest BCUT2D eigenvalue weighted by atomic mass is 9.83. The van der Waals surface area contributed by atoms with Gasteiger partial charge in [0.25, 0.3) is 0 Å². The highest BCUT2D eigenvalue weighted by Crippen LogP contribution is 2.49. The lowest BCUT2D eigenvalue weighted by Crippen LogP contribution is -1.92. The van der Waals surface area contributed by atoms with Crippen molar-refractivity contribution in [1.82, 2.24) is 0 Å². The van der Waals surface area contributed by atoms with Gasteiger partial charge in [0, 0.05) is 16.2 Å². The zero-order valence-electron chi connectivity index (χ0n) is 48.4. The van der Waals surface area contributed by atoms with Crippen molar-refractivity contribution in [3.05, 3.63) is 157 Å². The molecule has 0 aliphatic rings. The van der Waals surface area contributed by atoms with Gasteiger partial charge in [0.1, 0.15) is 11.2 Å². The summed E-state index contributed by atoms with van der Waals surface area (Å²) in [4.78, 5) is 0. The number of furan rings is 1. The average Bonchev–Trinajstić information content (AvgIpc) is 3.74. The number of benzene rings is 9. The smallest absolute Gasteiger partial charge is 0.143 e. The number of hydrogen-bond donors (Lipinski definition) is 0. The lowest BCUT2D eigenvalue weighted by molar-refractivity contribution is 0.673. The zero-order chi connectivity index (χ0) is 52.1. The van der Waals surface area contributed by atoms with Crippen LogP contribution in [0.2, 0.25) is 0 Å². The maximum atomic E-state index is 9.58. The van der Waals surface area contributed by atoms with Crippen LogP contribution < -0.4 is 0 Å². The van der Waals surface area contributed by atoms with E-state index >= 15 is 0 Å². The van der Waals surface area contributed by atoms with E-state index in [2.05, 4.69) is 0 Å². The van der Waals surface area contributed by atoms with Crippen molar-refractivity contribution < 1.29 is 40.1 Å². The fourth-order valence-electron chi connectivity index (χ4n) is 5.94. The topological polar surface area (TPSA) is 13.1 Å². The van der Waals surface area contributed by atoms with E-state index in [1.807, 2.05) is 0 Å². The van der Waals surface area contributed by atoms with Crippen LogP contribution >= 0.6 is 0 Å². The van der Waals surface area contributed by atoms with E-state index in [1.165, 1.54) is 0 Å². The second kappa shape index (κ2) is 9.29. The van der Waals surface area contributed by atoms with Gasteiger partial charge >= 0.3 is 0 Å². The highest BCUT2D eigenvalue weighted by Gasteiger charge is 2.21. The van der Waals surface area contributed by atoms with E-state index in [1.54, 1.807) is 0 Å². The van der Waals surface area contributed by atoms with E-state index in [4.69, 9.17) is 30.5 Å². The minimum absolute atomic E-state index is 0.450. The molecular formula is C44H26O. The van der Waals surface area contributed by atoms with Crippen molar-refractivity contribution in [3.8, 4) is 22.3 Å². The van der Waals surface area contributed by atoms with Crippen LogP contribution in [0.15, 0.2) is 162 Å². The molecule has 0 spiro atoms. The van der Waals surface area contributed by atoms with Crippen LogP contribution in [0.3, 0.4) is 0 Å². The van der Waals surface area contributed by atoms with Crippen LogP contribution in [0.5, 0.6) is 0 Å². The SMILES string of the molecule is [2H]c1c([2H])c(-c2c3c([2H])c([2H])c([2H])c([2H])c3c(-c3c([2H])c([2H])c([2H])c4c([2H])c([2H])c5c([2H])c([2H])c([2H])c([2H])c5c34)c3c([2H])c([2H])c([2H])c([2H])c23)c2c(oc3c4c([2H])c([2H])c([2H])c([2H])c4c([2H])c([2H])c32)c1[2H]. The Morgan fingerprint density at radius 3 is 1.47 bits per heavy atom. The Hall–Kier alpha value is -5.92. The van der Waals surface area contributed by atoms with Crippen molar-refractivity contribution in [3.63, 3.8) is 0 Å². The molecule has 45 heavy (non-hydrogen) atoms. The van der Waals surface area contributed by atoms with Crippen molar-refractivity contribution in [1.29, 1.82) is 0 Å². The molecule has 0 amide bonds. The fourth-order valence-corrected chi connectivity index (χ4v) is 5.94. The molecule has 9 aromatic carbocycles. The second-order valence-corrected chi connectivity index (χ2v) is 10.0. The summed E-state index contributed by atoms with van der Waals surface area (Å²) in [5.74, 6) is 0. The summed E-state index contributed by atoms with van der Waals surface area (Å²) < 4.78 is 241. The van der Waals surface area contributed by atoms with E-state index < -0.39 is 255 Å². The average molecular weight is 597 g/mol. The molecule has 0 fully saturated rings. The highest BCUT2D eigenvalue weighted by atomic mass is 16.3. The van der Waals surface area contributed by atoms with Gasteiger partial charge in [0.2, 0.25) is 0 Å². The second-order valence-electron chi connectivity index (χ2n) is 10.0. The third kappa shape index (κ3) is 3.44. The predicted molar refractivity (Wildman–Crippen MR) is 192 cm³/mol. The fraction of sp³-hybridized carbons (Fsp3) is 0. The van der Waals surface area contributed by atoms with E-state index in [9.17, 15) is 9.60 Å². The van der Waals surface area contributed by atoms with Gasteiger partial charge in [-0.1, -0.05) is 145 Å². The summed E-state index contributed by atoms with van der Waals surface area (Å²) in [6, 6.07) is -23.2. The molecule has 0 aliphatic carbocycles. The predicted octanol–water partition coefficient (Wildman–Crippen LogP) is 12.7.